The second-order valence-corrected chi connectivity index (χ2v) is 5.92. The number of amides is 1. The van der Waals surface area contributed by atoms with E-state index in [0.717, 1.165) is 0 Å². The number of amidine groups is 1. The number of nitrogens with one attached hydrogen (secondary N) is 1. The van der Waals surface area contributed by atoms with Crippen LogP contribution < -0.4 is 14.8 Å². The summed E-state index contributed by atoms with van der Waals surface area (Å²) < 4.78 is 10.9. The molecule has 1 fully saturated rings. The minimum Gasteiger partial charge on any atom is -0.493 e. The maximum Gasteiger partial charge on any atom is 0.308 e. The van der Waals surface area contributed by atoms with E-state index in [9.17, 15) is 9.59 Å². The lowest BCUT2D eigenvalue weighted by Crippen LogP contribution is -2.19. The van der Waals surface area contributed by atoms with Crippen LogP contribution in [0, 0.1) is 0 Å². The van der Waals surface area contributed by atoms with Crippen molar-refractivity contribution < 1.29 is 19.1 Å². The second-order valence-electron chi connectivity index (χ2n) is 4.10. The number of halogens is 1. The second kappa shape index (κ2) is 7.41. The van der Waals surface area contributed by atoms with Crippen LogP contribution in [0.25, 0.3) is 0 Å². The van der Waals surface area contributed by atoms with Gasteiger partial charge in [0.05, 0.1) is 19.1 Å². The molecule has 1 saturated heterocycles. The number of hydrogen-bond acceptors (Lipinski definition) is 7. The summed E-state index contributed by atoms with van der Waals surface area (Å²) in [5.74, 6) is 0.530. The summed E-state index contributed by atoms with van der Waals surface area (Å²) in [6, 6.07) is 3.27. The van der Waals surface area contributed by atoms with Crippen LogP contribution in [0.2, 0.25) is 0 Å². The maximum atomic E-state index is 11.0. The molecule has 1 aromatic rings. The highest BCUT2D eigenvalue weighted by Crippen LogP contribution is 2.33. The monoisotopic (exact) mass is 385 g/mol. The zero-order valence-corrected chi connectivity index (χ0v) is 14.2. The third-order valence-electron chi connectivity index (χ3n) is 2.47. The SMILES string of the molecule is COc1cc(C=NN=C2NC(=O)CS2)c(Br)cc1OC(C)=O. The number of rotatable bonds is 4. The molecule has 1 amide bonds. The van der Waals surface area contributed by atoms with Gasteiger partial charge in [0.15, 0.2) is 16.7 Å². The summed E-state index contributed by atoms with van der Waals surface area (Å²) >= 11 is 4.65. The van der Waals surface area contributed by atoms with Crippen molar-refractivity contribution in [3.8, 4) is 11.5 Å². The maximum absolute atomic E-state index is 11.0. The molecule has 1 heterocycles. The van der Waals surface area contributed by atoms with Crippen LogP contribution in [-0.4, -0.2) is 36.1 Å². The first kappa shape index (κ1) is 16.5. The number of esters is 1. The van der Waals surface area contributed by atoms with Gasteiger partial charge >= 0.3 is 5.97 Å². The van der Waals surface area contributed by atoms with Gasteiger partial charge in [-0.3, -0.25) is 9.59 Å². The summed E-state index contributed by atoms with van der Waals surface area (Å²) in [5.41, 5.74) is 0.687. The van der Waals surface area contributed by atoms with Gasteiger partial charge in [-0.05, 0) is 28.1 Å². The largest absolute Gasteiger partial charge is 0.493 e. The van der Waals surface area contributed by atoms with Crippen molar-refractivity contribution >= 4 is 51.0 Å². The van der Waals surface area contributed by atoms with Crippen LogP contribution in [0.15, 0.2) is 26.8 Å². The molecule has 9 heteroatoms. The molecule has 0 spiro atoms. The molecule has 1 aliphatic rings. The first-order chi connectivity index (χ1) is 10.5. The summed E-state index contributed by atoms with van der Waals surface area (Å²) in [4.78, 5) is 22.1. The van der Waals surface area contributed by atoms with Gasteiger partial charge in [0.2, 0.25) is 5.91 Å². The number of benzene rings is 1. The number of carbonyl (C=O) groups excluding carboxylic acids is 2. The molecule has 1 aromatic carbocycles. The Morgan fingerprint density at radius 1 is 1.45 bits per heavy atom. The Hall–Kier alpha value is -1.87. The van der Waals surface area contributed by atoms with Gasteiger partial charge in [-0.25, -0.2) is 0 Å². The van der Waals surface area contributed by atoms with E-state index in [1.807, 2.05) is 0 Å². The Kier molecular flexibility index (Phi) is 5.56. The molecule has 0 saturated carbocycles. The zero-order valence-electron chi connectivity index (χ0n) is 11.8. The Bertz CT molecular complexity index is 675. The molecule has 22 heavy (non-hydrogen) atoms. The molecule has 0 unspecified atom stereocenters. The van der Waals surface area contributed by atoms with E-state index >= 15 is 0 Å². The molecule has 0 atom stereocenters. The summed E-state index contributed by atoms with van der Waals surface area (Å²) in [5, 5.41) is 10.9. The molecular weight excluding hydrogens is 374 g/mol. The summed E-state index contributed by atoms with van der Waals surface area (Å²) in [6.45, 7) is 1.31. The third kappa shape index (κ3) is 4.31. The van der Waals surface area contributed by atoms with Gasteiger partial charge in [-0.15, -0.1) is 5.10 Å². The lowest BCUT2D eigenvalue weighted by atomic mass is 10.2. The van der Waals surface area contributed by atoms with Crippen molar-refractivity contribution in [1.82, 2.24) is 5.32 Å². The average molecular weight is 386 g/mol. The number of ether oxygens (including phenoxy) is 2. The smallest absolute Gasteiger partial charge is 0.308 e. The topological polar surface area (TPSA) is 89.3 Å². The van der Waals surface area contributed by atoms with Crippen LogP contribution in [0.3, 0.4) is 0 Å². The molecule has 0 aromatic heterocycles. The van der Waals surface area contributed by atoms with E-state index in [0.29, 0.717) is 32.5 Å². The normalized spacial score (nSPS) is 16.1. The molecule has 1 N–H and O–H groups in total. The van der Waals surface area contributed by atoms with Crippen molar-refractivity contribution in [1.29, 1.82) is 0 Å². The van der Waals surface area contributed by atoms with Gasteiger partial charge in [0.25, 0.3) is 0 Å². The number of thioether (sulfide) groups is 1. The van der Waals surface area contributed by atoms with Gasteiger partial charge in [-0.2, -0.15) is 5.10 Å². The zero-order chi connectivity index (χ0) is 16.1. The fourth-order valence-corrected chi connectivity index (χ4v) is 2.62. The predicted molar refractivity (Wildman–Crippen MR) is 87.6 cm³/mol. The van der Waals surface area contributed by atoms with Crippen molar-refractivity contribution in [2.75, 3.05) is 12.9 Å². The van der Waals surface area contributed by atoms with Crippen LogP contribution in [0.4, 0.5) is 0 Å². The van der Waals surface area contributed by atoms with Crippen LogP contribution in [-0.2, 0) is 9.59 Å². The van der Waals surface area contributed by atoms with Gasteiger partial charge in [0, 0.05) is 17.0 Å². The van der Waals surface area contributed by atoms with Gasteiger partial charge in [0.1, 0.15) is 0 Å². The quantitative estimate of drug-likeness (QED) is 0.370. The highest BCUT2D eigenvalue weighted by atomic mass is 79.9. The average Bonchev–Trinajstić information content (AvgIpc) is 2.86. The number of methoxy groups -OCH3 is 1. The molecule has 0 aliphatic carbocycles. The van der Waals surface area contributed by atoms with Crippen molar-refractivity contribution in [2.45, 2.75) is 6.92 Å². The minimum absolute atomic E-state index is 0.0902. The Morgan fingerprint density at radius 2 is 2.23 bits per heavy atom. The highest BCUT2D eigenvalue weighted by Gasteiger charge is 2.16. The van der Waals surface area contributed by atoms with Crippen LogP contribution in [0.5, 0.6) is 11.5 Å². The number of nitrogens with zero attached hydrogens (tertiary/aromatic N) is 2. The first-order valence-corrected chi connectivity index (χ1v) is 7.87. The molecular formula is C13H12BrN3O4S. The molecule has 0 radical (unpaired) electrons. The molecule has 1 aliphatic heterocycles. The molecule has 7 nitrogen and oxygen atoms in total. The van der Waals surface area contributed by atoms with E-state index in [4.69, 9.17) is 9.47 Å². The Balaban J connectivity index is 2.20. The van der Waals surface area contributed by atoms with E-state index < -0.39 is 5.97 Å². The molecule has 116 valence electrons. The predicted octanol–water partition coefficient (Wildman–Crippen LogP) is 1.94. The van der Waals surface area contributed by atoms with Crippen LogP contribution >= 0.6 is 27.7 Å². The van der Waals surface area contributed by atoms with Gasteiger partial charge < -0.3 is 14.8 Å². The lowest BCUT2D eigenvalue weighted by Gasteiger charge is -2.09. The lowest BCUT2D eigenvalue weighted by molar-refractivity contribution is -0.132. The van der Waals surface area contributed by atoms with Crippen molar-refractivity contribution in [2.24, 2.45) is 10.2 Å². The highest BCUT2D eigenvalue weighted by molar-refractivity contribution is 9.10. The minimum atomic E-state index is -0.438. The number of carbonyl (C=O) groups is 2. The van der Waals surface area contributed by atoms with E-state index in [1.165, 1.54) is 32.0 Å². The summed E-state index contributed by atoms with van der Waals surface area (Å²) in [6.07, 6.45) is 1.50. The van der Waals surface area contributed by atoms with Gasteiger partial charge in [-0.1, -0.05) is 11.8 Å². The van der Waals surface area contributed by atoms with E-state index in [-0.39, 0.29) is 5.91 Å². The Morgan fingerprint density at radius 3 is 2.82 bits per heavy atom. The fraction of sp³-hybridized carbons (Fsp3) is 0.231. The Labute approximate surface area is 139 Å². The van der Waals surface area contributed by atoms with Crippen molar-refractivity contribution in [3.63, 3.8) is 0 Å². The van der Waals surface area contributed by atoms with E-state index in [1.54, 1.807) is 12.1 Å². The molecule has 2 rings (SSSR count). The van der Waals surface area contributed by atoms with Crippen molar-refractivity contribution in [3.05, 3.63) is 22.2 Å². The fourth-order valence-electron chi connectivity index (χ4n) is 1.57. The summed E-state index contributed by atoms with van der Waals surface area (Å²) in [7, 11) is 1.47. The van der Waals surface area contributed by atoms with Crippen LogP contribution in [0.1, 0.15) is 12.5 Å². The standard InChI is InChI=1S/C13H12BrN3O4S/c1-7(18)21-11-4-9(14)8(3-10(11)20-2)5-15-17-13-16-12(19)6-22-13/h3-5H,6H2,1-2H3,(H,16,17,19). The van der Waals surface area contributed by atoms with E-state index in [2.05, 4.69) is 31.4 Å². The molecule has 0 bridgehead atoms. The number of hydrogen-bond donors (Lipinski definition) is 1. The first-order valence-electron chi connectivity index (χ1n) is 6.09. The third-order valence-corrected chi connectivity index (χ3v) is 4.02.